The predicted octanol–water partition coefficient (Wildman–Crippen LogP) is 1.07. The van der Waals surface area contributed by atoms with Gasteiger partial charge in [-0.25, -0.2) is 0 Å². The predicted molar refractivity (Wildman–Crippen MR) is 41.7 cm³/mol. The maximum Gasteiger partial charge on any atom is 0.217 e. The van der Waals surface area contributed by atoms with Crippen molar-refractivity contribution in [1.29, 1.82) is 0 Å². The molecule has 0 atom stereocenters. The number of hydrogen-bond donors (Lipinski definition) is 1. The molecule has 0 aliphatic rings. The molecule has 0 saturated heterocycles. The molecule has 0 spiro atoms. The molecule has 0 bridgehead atoms. The Morgan fingerprint density at radius 2 is 2.64 bits per heavy atom. The molecule has 0 aromatic carbocycles. The normalized spacial score (nSPS) is 9.64. The molecule has 1 aromatic heterocycles. The first-order valence-corrected chi connectivity index (χ1v) is 3.83. The lowest BCUT2D eigenvalue weighted by atomic mass is 10.4. The second-order valence-electron chi connectivity index (χ2n) is 2.03. The minimum atomic E-state index is -0.0856. The van der Waals surface area contributed by atoms with Crippen LogP contribution in [0.15, 0.2) is 15.2 Å². The van der Waals surface area contributed by atoms with Crippen LogP contribution in [-0.4, -0.2) is 11.1 Å². The third-order valence-electron chi connectivity index (χ3n) is 1.04. The van der Waals surface area contributed by atoms with Gasteiger partial charge in [0.2, 0.25) is 5.91 Å². The lowest BCUT2D eigenvalue weighted by molar-refractivity contribution is -0.119. The van der Waals surface area contributed by atoms with Crippen molar-refractivity contribution >= 4 is 21.8 Å². The van der Waals surface area contributed by atoms with E-state index in [0.29, 0.717) is 16.9 Å². The van der Waals surface area contributed by atoms with Gasteiger partial charge in [-0.3, -0.25) is 4.79 Å². The lowest BCUT2D eigenvalue weighted by Gasteiger charge is -1.94. The standard InChI is InChI=1S/C6H7BrN2O2/c1-4(10)8-3-5-2-6(7)9-11-5/h2H,3H2,1H3,(H,8,10). The van der Waals surface area contributed by atoms with Gasteiger partial charge >= 0.3 is 0 Å². The van der Waals surface area contributed by atoms with Gasteiger partial charge in [0.1, 0.15) is 4.60 Å². The van der Waals surface area contributed by atoms with Crippen molar-refractivity contribution < 1.29 is 9.32 Å². The van der Waals surface area contributed by atoms with E-state index in [4.69, 9.17) is 4.52 Å². The fourth-order valence-electron chi connectivity index (χ4n) is 0.583. The molecule has 1 N–H and O–H groups in total. The molecule has 1 rings (SSSR count). The van der Waals surface area contributed by atoms with Crippen LogP contribution < -0.4 is 5.32 Å². The summed E-state index contributed by atoms with van der Waals surface area (Å²) in [6, 6.07) is 1.70. The minimum absolute atomic E-state index is 0.0856. The smallest absolute Gasteiger partial charge is 0.217 e. The molecule has 4 nitrogen and oxygen atoms in total. The van der Waals surface area contributed by atoms with E-state index in [2.05, 4.69) is 26.4 Å². The zero-order valence-electron chi connectivity index (χ0n) is 5.93. The molecule has 1 aromatic rings. The van der Waals surface area contributed by atoms with Gasteiger partial charge in [0.05, 0.1) is 6.54 Å². The maximum atomic E-state index is 10.4. The number of aromatic nitrogens is 1. The molecule has 60 valence electrons. The first kappa shape index (κ1) is 8.26. The highest BCUT2D eigenvalue weighted by Crippen LogP contribution is 2.08. The number of nitrogens with one attached hydrogen (secondary N) is 1. The highest BCUT2D eigenvalue weighted by Gasteiger charge is 2.00. The molecule has 0 radical (unpaired) electrons. The molecule has 11 heavy (non-hydrogen) atoms. The van der Waals surface area contributed by atoms with E-state index in [1.807, 2.05) is 0 Å². The molecule has 0 aliphatic heterocycles. The second-order valence-corrected chi connectivity index (χ2v) is 2.84. The molecular formula is C6H7BrN2O2. The summed E-state index contributed by atoms with van der Waals surface area (Å²) in [7, 11) is 0. The molecule has 1 heterocycles. The summed E-state index contributed by atoms with van der Waals surface area (Å²) in [6.07, 6.45) is 0. The van der Waals surface area contributed by atoms with Crippen LogP contribution in [0, 0.1) is 0 Å². The van der Waals surface area contributed by atoms with Crippen LogP contribution in [0.25, 0.3) is 0 Å². The van der Waals surface area contributed by atoms with Gasteiger partial charge in [-0.1, -0.05) is 5.16 Å². The van der Waals surface area contributed by atoms with Crippen LogP contribution in [0.5, 0.6) is 0 Å². The van der Waals surface area contributed by atoms with Gasteiger partial charge in [0.25, 0.3) is 0 Å². The topological polar surface area (TPSA) is 55.1 Å². The Morgan fingerprint density at radius 3 is 3.09 bits per heavy atom. The molecule has 0 saturated carbocycles. The van der Waals surface area contributed by atoms with Crippen LogP contribution >= 0.6 is 15.9 Å². The average molecular weight is 219 g/mol. The summed E-state index contributed by atoms with van der Waals surface area (Å²) in [5, 5.41) is 6.17. The molecule has 0 unspecified atom stereocenters. The van der Waals surface area contributed by atoms with Crippen molar-refractivity contribution in [3.8, 4) is 0 Å². The molecule has 0 fully saturated rings. The second kappa shape index (κ2) is 3.52. The number of amides is 1. The summed E-state index contributed by atoms with van der Waals surface area (Å²) in [5.74, 6) is 0.546. The van der Waals surface area contributed by atoms with Gasteiger partial charge < -0.3 is 9.84 Å². The van der Waals surface area contributed by atoms with E-state index >= 15 is 0 Å². The largest absolute Gasteiger partial charge is 0.358 e. The Bertz CT molecular complexity index is 259. The van der Waals surface area contributed by atoms with Crippen molar-refractivity contribution in [3.63, 3.8) is 0 Å². The number of carbonyl (C=O) groups excluding carboxylic acids is 1. The minimum Gasteiger partial charge on any atom is -0.358 e. The molecule has 0 aliphatic carbocycles. The van der Waals surface area contributed by atoms with E-state index in [1.165, 1.54) is 6.92 Å². The fourth-order valence-corrected chi connectivity index (χ4v) is 0.910. The van der Waals surface area contributed by atoms with Crippen LogP contribution in [0.4, 0.5) is 0 Å². The molecular weight excluding hydrogens is 212 g/mol. The first-order valence-electron chi connectivity index (χ1n) is 3.04. The Labute approximate surface area is 72.1 Å². The van der Waals surface area contributed by atoms with Crippen LogP contribution in [0.2, 0.25) is 0 Å². The summed E-state index contributed by atoms with van der Waals surface area (Å²) in [6.45, 7) is 1.83. The summed E-state index contributed by atoms with van der Waals surface area (Å²) in [4.78, 5) is 10.4. The van der Waals surface area contributed by atoms with Crippen molar-refractivity contribution in [1.82, 2.24) is 10.5 Å². The Kier molecular flexibility index (Phi) is 2.64. The van der Waals surface area contributed by atoms with E-state index < -0.39 is 0 Å². The van der Waals surface area contributed by atoms with Crippen LogP contribution in [-0.2, 0) is 11.3 Å². The van der Waals surface area contributed by atoms with Crippen molar-refractivity contribution in [3.05, 3.63) is 16.4 Å². The number of nitrogens with zero attached hydrogens (tertiary/aromatic N) is 1. The van der Waals surface area contributed by atoms with E-state index in [0.717, 1.165) is 0 Å². The van der Waals surface area contributed by atoms with E-state index in [-0.39, 0.29) is 5.91 Å². The zero-order valence-corrected chi connectivity index (χ0v) is 7.51. The average Bonchev–Trinajstić information content (AvgIpc) is 2.31. The number of carbonyl (C=O) groups is 1. The van der Waals surface area contributed by atoms with Gasteiger partial charge in [0, 0.05) is 13.0 Å². The van der Waals surface area contributed by atoms with Gasteiger partial charge in [-0.05, 0) is 15.9 Å². The lowest BCUT2D eigenvalue weighted by Crippen LogP contribution is -2.18. The highest BCUT2D eigenvalue weighted by atomic mass is 79.9. The third-order valence-corrected chi connectivity index (χ3v) is 1.42. The number of halogens is 1. The van der Waals surface area contributed by atoms with Gasteiger partial charge in [-0.15, -0.1) is 0 Å². The van der Waals surface area contributed by atoms with Gasteiger partial charge in [-0.2, -0.15) is 0 Å². The maximum absolute atomic E-state index is 10.4. The Morgan fingerprint density at radius 1 is 1.91 bits per heavy atom. The zero-order chi connectivity index (χ0) is 8.27. The number of hydrogen-bond acceptors (Lipinski definition) is 3. The Balaban J connectivity index is 2.45. The highest BCUT2D eigenvalue weighted by molar-refractivity contribution is 9.10. The summed E-state index contributed by atoms with van der Waals surface area (Å²) in [5.41, 5.74) is 0. The summed E-state index contributed by atoms with van der Waals surface area (Å²) < 4.78 is 5.44. The van der Waals surface area contributed by atoms with Crippen LogP contribution in [0.1, 0.15) is 12.7 Å². The quantitative estimate of drug-likeness (QED) is 0.809. The molecule has 5 heteroatoms. The third kappa shape index (κ3) is 2.71. The Hall–Kier alpha value is -0.840. The van der Waals surface area contributed by atoms with Crippen molar-refractivity contribution in [2.75, 3.05) is 0 Å². The van der Waals surface area contributed by atoms with Crippen LogP contribution in [0.3, 0.4) is 0 Å². The van der Waals surface area contributed by atoms with Crippen molar-refractivity contribution in [2.24, 2.45) is 0 Å². The summed E-state index contributed by atoms with van der Waals surface area (Å²) >= 11 is 3.12. The monoisotopic (exact) mass is 218 g/mol. The SMILES string of the molecule is CC(=O)NCc1cc(Br)no1. The first-order chi connectivity index (χ1) is 5.18. The van der Waals surface area contributed by atoms with E-state index in [9.17, 15) is 4.79 Å². The van der Waals surface area contributed by atoms with Crippen molar-refractivity contribution in [2.45, 2.75) is 13.5 Å². The fraction of sp³-hybridized carbons (Fsp3) is 0.333. The van der Waals surface area contributed by atoms with Gasteiger partial charge in [0.15, 0.2) is 5.76 Å². The number of rotatable bonds is 2. The molecule has 1 amide bonds. The van der Waals surface area contributed by atoms with E-state index in [1.54, 1.807) is 6.07 Å².